The number of hydrogen-bond donors (Lipinski definition) is 2. The van der Waals surface area contributed by atoms with Crippen LogP contribution in [0.2, 0.25) is 0 Å². The van der Waals surface area contributed by atoms with E-state index in [0.29, 0.717) is 0 Å². The van der Waals surface area contributed by atoms with E-state index in [9.17, 15) is 0 Å². The Morgan fingerprint density at radius 2 is 1.94 bits per heavy atom. The van der Waals surface area contributed by atoms with E-state index in [1.54, 1.807) is 7.11 Å². The van der Waals surface area contributed by atoms with Crippen LogP contribution in [0.15, 0.2) is 22.7 Å². The topological polar surface area (TPSA) is 33.3 Å². The third-order valence-corrected chi connectivity index (χ3v) is 3.07. The predicted molar refractivity (Wildman–Crippen MR) is 75.3 cm³/mol. The van der Waals surface area contributed by atoms with Crippen molar-refractivity contribution in [2.24, 2.45) is 0 Å². The molecular formula is C13H21BrN2O. The summed E-state index contributed by atoms with van der Waals surface area (Å²) in [5.41, 5.74) is 2.67. The second kappa shape index (κ2) is 8.64. The molecule has 0 aliphatic carbocycles. The predicted octanol–water partition coefficient (Wildman–Crippen LogP) is 2.08. The molecule has 1 rings (SSSR count). The molecule has 3 nitrogen and oxygen atoms in total. The number of aryl methyl sites for hydroxylation is 1. The lowest BCUT2D eigenvalue weighted by Crippen LogP contribution is -2.29. The summed E-state index contributed by atoms with van der Waals surface area (Å²) in [6, 6.07) is 6.39. The van der Waals surface area contributed by atoms with E-state index in [0.717, 1.165) is 37.3 Å². The van der Waals surface area contributed by atoms with Crippen LogP contribution in [-0.2, 0) is 11.3 Å². The molecule has 0 saturated heterocycles. The van der Waals surface area contributed by atoms with Gasteiger partial charge in [0.2, 0.25) is 0 Å². The molecule has 96 valence electrons. The highest BCUT2D eigenvalue weighted by molar-refractivity contribution is 9.10. The zero-order chi connectivity index (χ0) is 12.5. The molecule has 0 saturated carbocycles. The summed E-state index contributed by atoms with van der Waals surface area (Å²) in [4.78, 5) is 0. The van der Waals surface area contributed by atoms with Gasteiger partial charge in [-0.05, 0) is 30.2 Å². The molecule has 0 spiro atoms. The van der Waals surface area contributed by atoms with Crippen LogP contribution in [0.3, 0.4) is 0 Å². The van der Waals surface area contributed by atoms with E-state index in [1.807, 2.05) is 0 Å². The highest BCUT2D eigenvalue weighted by Gasteiger charge is 1.98. The van der Waals surface area contributed by atoms with Gasteiger partial charge in [-0.1, -0.05) is 22.0 Å². The van der Waals surface area contributed by atoms with Crippen molar-refractivity contribution in [3.63, 3.8) is 0 Å². The van der Waals surface area contributed by atoms with Gasteiger partial charge in [-0.3, -0.25) is 0 Å². The van der Waals surface area contributed by atoms with Crippen molar-refractivity contribution in [3.8, 4) is 0 Å². The maximum absolute atomic E-state index is 4.96. The molecule has 4 heteroatoms. The van der Waals surface area contributed by atoms with Crippen LogP contribution in [-0.4, -0.2) is 33.4 Å². The van der Waals surface area contributed by atoms with E-state index in [2.05, 4.69) is 51.7 Å². The summed E-state index contributed by atoms with van der Waals surface area (Å²) in [6.45, 7) is 6.68. The third-order valence-electron chi connectivity index (χ3n) is 2.58. The van der Waals surface area contributed by atoms with Gasteiger partial charge in [0.25, 0.3) is 0 Å². The molecule has 0 bridgehead atoms. The van der Waals surface area contributed by atoms with Gasteiger partial charge in [0.05, 0.1) is 6.61 Å². The molecule has 0 heterocycles. The molecule has 0 unspecified atom stereocenters. The Morgan fingerprint density at radius 3 is 2.65 bits per heavy atom. The number of ether oxygens (including phenoxy) is 1. The number of halogens is 1. The Kier molecular flexibility index (Phi) is 7.44. The van der Waals surface area contributed by atoms with Crippen LogP contribution in [0, 0.1) is 6.92 Å². The Morgan fingerprint density at radius 1 is 1.18 bits per heavy atom. The third kappa shape index (κ3) is 6.17. The van der Waals surface area contributed by atoms with Crippen LogP contribution in [0.1, 0.15) is 11.1 Å². The Bertz CT molecular complexity index is 331. The smallest absolute Gasteiger partial charge is 0.0587 e. The van der Waals surface area contributed by atoms with Crippen LogP contribution < -0.4 is 10.6 Å². The Hall–Kier alpha value is -0.420. The van der Waals surface area contributed by atoms with E-state index in [4.69, 9.17) is 4.74 Å². The lowest BCUT2D eigenvalue weighted by Gasteiger charge is -2.09. The highest BCUT2D eigenvalue weighted by Crippen LogP contribution is 2.15. The molecule has 2 N–H and O–H groups in total. The quantitative estimate of drug-likeness (QED) is 0.721. The Balaban J connectivity index is 2.14. The average molecular weight is 301 g/mol. The van der Waals surface area contributed by atoms with Crippen LogP contribution in [0.5, 0.6) is 0 Å². The van der Waals surface area contributed by atoms with Gasteiger partial charge in [-0.25, -0.2) is 0 Å². The summed E-state index contributed by atoms with van der Waals surface area (Å²) in [6.07, 6.45) is 0. The Labute approximate surface area is 112 Å². The molecule has 0 aliphatic heterocycles. The minimum absolute atomic E-state index is 0.770. The number of methoxy groups -OCH3 is 1. The minimum atomic E-state index is 0.770. The second-order valence-corrected chi connectivity index (χ2v) is 4.91. The number of benzene rings is 1. The number of rotatable bonds is 8. The second-order valence-electron chi connectivity index (χ2n) is 3.99. The van der Waals surface area contributed by atoms with E-state index in [1.165, 1.54) is 11.1 Å². The van der Waals surface area contributed by atoms with Crippen molar-refractivity contribution in [1.82, 2.24) is 10.6 Å². The fourth-order valence-corrected chi connectivity index (χ4v) is 2.03. The first-order chi connectivity index (χ1) is 8.24. The minimum Gasteiger partial charge on any atom is -0.383 e. The zero-order valence-electron chi connectivity index (χ0n) is 10.6. The molecule has 0 aliphatic rings. The molecule has 0 aromatic heterocycles. The highest BCUT2D eigenvalue weighted by atomic mass is 79.9. The molecular weight excluding hydrogens is 280 g/mol. The molecule has 1 aromatic carbocycles. The van der Waals surface area contributed by atoms with Crippen molar-refractivity contribution < 1.29 is 4.74 Å². The maximum atomic E-state index is 4.96. The van der Waals surface area contributed by atoms with E-state index in [-0.39, 0.29) is 0 Å². The summed E-state index contributed by atoms with van der Waals surface area (Å²) >= 11 is 3.47. The van der Waals surface area contributed by atoms with E-state index >= 15 is 0 Å². The van der Waals surface area contributed by atoms with Crippen LogP contribution >= 0.6 is 15.9 Å². The molecule has 0 atom stereocenters. The van der Waals surface area contributed by atoms with Crippen LogP contribution in [0.25, 0.3) is 0 Å². The van der Waals surface area contributed by atoms with Gasteiger partial charge >= 0.3 is 0 Å². The summed E-state index contributed by atoms with van der Waals surface area (Å²) in [7, 11) is 1.72. The summed E-state index contributed by atoms with van der Waals surface area (Å²) in [5.74, 6) is 0. The fourth-order valence-electron chi connectivity index (χ4n) is 1.56. The van der Waals surface area contributed by atoms with Crippen molar-refractivity contribution in [2.45, 2.75) is 13.5 Å². The SMILES string of the molecule is COCCNCCNCc1ccc(Br)cc1C. The lowest BCUT2D eigenvalue weighted by atomic mass is 10.1. The molecule has 17 heavy (non-hydrogen) atoms. The standard InChI is InChI=1S/C13H21BrN2O/c1-11-9-13(14)4-3-12(11)10-16-6-5-15-7-8-17-2/h3-4,9,15-16H,5-8,10H2,1-2H3. The average Bonchev–Trinajstić information content (AvgIpc) is 2.30. The van der Waals surface area contributed by atoms with Crippen molar-refractivity contribution >= 4 is 15.9 Å². The molecule has 0 radical (unpaired) electrons. The van der Waals surface area contributed by atoms with Gasteiger partial charge < -0.3 is 15.4 Å². The molecule has 0 fully saturated rings. The largest absolute Gasteiger partial charge is 0.383 e. The monoisotopic (exact) mass is 300 g/mol. The molecule has 0 amide bonds. The lowest BCUT2D eigenvalue weighted by molar-refractivity contribution is 0.199. The maximum Gasteiger partial charge on any atom is 0.0587 e. The van der Waals surface area contributed by atoms with Gasteiger partial charge in [0.15, 0.2) is 0 Å². The van der Waals surface area contributed by atoms with Gasteiger partial charge in [0, 0.05) is 37.8 Å². The number of nitrogens with one attached hydrogen (secondary N) is 2. The van der Waals surface area contributed by atoms with Gasteiger partial charge in [-0.15, -0.1) is 0 Å². The summed E-state index contributed by atoms with van der Waals surface area (Å²) < 4.78 is 6.10. The van der Waals surface area contributed by atoms with Crippen molar-refractivity contribution in [2.75, 3.05) is 33.4 Å². The molecule has 1 aromatic rings. The van der Waals surface area contributed by atoms with Crippen molar-refractivity contribution in [3.05, 3.63) is 33.8 Å². The fraction of sp³-hybridized carbons (Fsp3) is 0.538. The first-order valence-electron chi connectivity index (χ1n) is 5.89. The number of hydrogen-bond acceptors (Lipinski definition) is 3. The first-order valence-corrected chi connectivity index (χ1v) is 6.68. The van der Waals surface area contributed by atoms with Gasteiger partial charge in [-0.2, -0.15) is 0 Å². The van der Waals surface area contributed by atoms with Crippen molar-refractivity contribution in [1.29, 1.82) is 0 Å². The normalized spacial score (nSPS) is 10.8. The van der Waals surface area contributed by atoms with Crippen LogP contribution in [0.4, 0.5) is 0 Å². The van der Waals surface area contributed by atoms with Gasteiger partial charge in [0.1, 0.15) is 0 Å². The summed E-state index contributed by atoms with van der Waals surface area (Å²) in [5, 5.41) is 6.72. The first kappa shape index (κ1) is 14.6. The van der Waals surface area contributed by atoms with E-state index < -0.39 is 0 Å². The zero-order valence-corrected chi connectivity index (χ0v) is 12.1.